The van der Waals surface area contributed by atoms with Gasteiger partial charge in [-0.2, -0.15) is 0 Å². The maximum absolute atomic E-state index is 11.9. The minimum absolute atomic E-state index is 0. The van der Waals surface area contributed by atoms with Gasteiger partial charge in [-0.3, -0.25) is 24.6 Å². The largest absolute Gasteiger partial charge is 1.00 e. The number of aliphatic carboxylic acids is 1. The van der Waals surface area contributed by atoms with Gasteiger partial charge in [-0.15, -0.1) is 0 Å². The number of nitro groups is 1. The van der Waals surface area contributed by atoms with Crippen LogP contribution >= 0.6 is 0 Å². The molecule has 20 heavy (non-hydrogen) atoms. The molecule has 1 aromatic rings. The number of hydrogen-bond donors (Lipinski definition) is 0. The van der Waals surface area contributed by atoms with Crippen LogP contribution in [0, 0.1) is 10.1 Å². The third-order valence-electron chi connectivity index (χ3n) is 2.71. The number of carbonyl (C=O) groups excluding carboxylic acids is 3. The van der Waals surface area contributed by atoms with Crippen molar-refractivity contribution in [2.75, 3.05) is 6.54 Å². The van der Waals surface area contributed by atoms with E-state index in [0.717, 1.165) is 6.07 Å². The number of carboxylic acids is 1. The van der Waals surface area contributed by atoms with Crippen molar-refractivity contribution in [3.8, 4) is 0 Å². The van der Waals surface area contributed by atoms with Gasteiger partial charge in [0.25, 0.3) is 17.5 Å². The number of carbonyl (C=O) groups is 3. The monoisotopic (exact) mass is 270 g/mol. The molecule has 1 aliphatic rings. The molecule has 0 radical (unpaired) electrons. The van der Waals surface area contributed by atoms with Crippen molar-refractivity contribution in [3.05, 3.63) is 39.4 Å². The van der Waals surface area contributed by atoms with E-state index in [1.165, 1.54) is 12.1 Å². The van der Waals surface area contributed by atoms with Gasteiger partial charge in [0.1, 0.15) is 5.56 Å². The SMILES string of the molecule is O=C([O-])CCN1C(=O)c2cccc([N+](=O)[O-])c2C1=O.[Li+]. The Morgan fingerprint density at radius 3 is 2.45 bits per heavy atom. The molecule has 0 saturated heterocycles. The normalized spacial score (nSPS) is 12.9. The first-order valence-corrected chi connectivity index (χ1v) is 5.27. The van der Waals surface area contributed by atoms with Crippen LogP contribution in [-0.4, -0.2) is 34.2 Å². The molecule has 2 rings (SSSR count). The molecule has 0 bridgehead atoms. The van der Waals surface area contributed by atoms with Crippen molar-refractivity contribution >= 4 is 23.5 Å². The third kappa shape index (κ3) is 2.57. The maximum atomic E-state index is 11.9. The topological polar surface area (TPSA) is 121 Å². The minimum atomic E-state index is -1.41. The van der Waals surface area contributed by atoms with E-state index in [2.05, 4.69) is 0 Å². The van der Waals surface area contributed by atoms with E-state index >= 15 is 0 Å². The summed E-state index contributed by atoms with van der Waals surface area (Å²) >= 11 is 0. The van der Waals surface area contributed by atoms with Crippen molar-refractivity contribution in [3.63, 3.8) is 0 Å². The smallest absolute Gasteiger partial charge is 0.550 e. The summed E-state index contributed by atoms with van der Waals surface area (Å²) in [5.74, 6) is -3.00. The molecule has 1 heterocycles. The average molecular weight is 270 g/mol. The van der Waals surface area contributed by atoms with Crippen LogP contribution in [0.25, 0.3) is 0 Å². The van der Waals surface area contributed by atoms with Gasteiger partial charge >= 0.3 is 18.9 Å². The van der Waals surface area contributed by atoms with Gasteiger partial charge in [-0.1, -0.05) is 6.07 Å². The number of hydrogen-bond acceptors (Lipinski definition) is 6. The van der Waals surface area contributed by atoms with E-state index in [9.17, 15) is 29.6 Å². The van der Waals surface area contributed by atoms with Crippen molar-refractivity contribution in [2.45, 2.75) is 6.42 Å². The molecule has 98 valence electrons. The second-order valence-electron chi connectivity index (χ2n) is 3.84. The molecular weight excluding hydrogens is 263 g/mol. The van der Waals surface area contributed by atoms with Crippen molar-refractivity contribution in [2.24, 2.45) is 0 Å². The van der Waals surface area contributed by atoms with E-state index in [-0.39, 0.29) is 36.5 Å². The Morgan fingerprint density at radius 1 is 1.25 bits per heavy atom. The zero-order valence-electron chi connectivity index (χ0n) is 10.5. The fourth-order valence-electron chi connectivity index (χ4n) is 1.87. The van der Waals surface area contributed by atoms with E-state index < -0.39 is 34.8 Å². The van der Waals surface area contributed by atoms with Crippen molar-refractivity contribution < 1.29 is 43.3 Å². The summed E-state index contributed by atoms with van der Waals surface area (Å²) in [6.45, 7) is -0.369. The first-order valence-electron chi connectivity index (χ1n) is 5.27. The standard InChI is InChI=1S/C11H8N2O6.Li/c14-8(15)4-5-12-10(16)6-2-1-3-7(13(18)19)9(6)11(12)17;/h1-3H,4-5H2,(H,14,15);/q;+1/p-1. The molecule has 8 nitrogen and oxygen atoms in total. The molecule has 0 N–H and O–H groups in total. The van der Waals surface area contributed by atoms with Gasteiger partial charge < -0.3 is 9.90 Å². The quantitative estimate of drug-likeness (QED) is 0.240. The van der Waals surface area contributed by atoms with Gasteiger partial charge in [0.05, 0.1) is 10.5 Å². The van der Waals surface area contributed by atoms with Crippen LogP contribution < -0.4 is 24.0 Å². The fourth-order valence-corrected chi connectivity index (χ4v) is 1.87. The zero-order chi connectivity index (χ0) is 14.2. The second kappa shape index (κ2) is 5.86. The molecule has 1 aromatic carbocycles. The Morgan fingerprint density at radius 2 is 1.90 bits per heavy atom. The zero-order valence-corrected chi connectivity index (χ0v) is 10.5. The number of fused-ring (bicyclic) bond motifs is 1. The number of amides is 2. The summed E-state index contributed by atoms with van der Waals surface area (Å²) in [6.07, 6.45) is -0.515. The van der Waals surface area contributed by atoms with E-state index in [1.54, 1.807) is 0 Å². The van der Waals surface area contributed by atoms with Gasteiger partial charge in [-0.25, -0.2) is 0 Å². The van der Waals surface area contributed by atoms with Crippen LogP contribution in [0.4, 0.5) is 5.69 Å². The first-order chi connectivity index (χ1) is 8.93. The molecule has 0 fully saturated rings. The molecule has 2 amide bonds. The summed E-state index contributed by atoms with van der Waals surface area (Å²) in [4.78, 5) is 44.9. The Balaban J connectivity index is 0.00000200. The van der Waals surface area contributed by atoms with E-state index in [0.29, 0.717) is 4.90 Å². The summed E-state index contributed by atoms with van der Waals surface area (Å²) < 4.78 is 0. The fraction of sp³-hybridized carbons (Fsp3) is 0.182. The van der Waals surface area contributed by atoms with Gasteiger partial charge in [-0.05, 0) is 6.07 Å². The average Bonchev–Trinajstić information content (AvgIpc) is 2.59. The van der Waals surface area contributed by atoms with Gasteiger partial charge in [0.15, 0.2) is 0 Å². The van der Waals surface area contributed by atoms with Crippen LogP contribution in [0.2, 0.25) is 0 Å². The predicted molar refractivity (Wildman–Crippen MR) is 58.1 cm³/mol. The first kappa shape index (κ1) is 15.9. The van der Waals surface area contributed by atoms with Gasteiger partial charge in [0.2, 0.25) is 0 Å². The molecule has 0 saturated carbocycles. The predicted octanol–water partition coefficient (Wildman–Crippen LogP) is -3.67. The molecule has 9 heteroatoms. The molecule has 0 aromatic heterocycles. The summed E-state index contributed by atoms with van der Waals surface area (Å²) in [6, 6.07) is 3.71. The number of carboxylic acid groups (broad SMARTS) is 1. The Labute approximate surface area is 124 Å². The summed E-state index contributed by atoms with van der Waals surface area (Å²) in [5, 5.41) is 21.2. The molecular formula is C11H7LiN2O6. The van der Waals surface area contributed by atoms with E-state index in [4.69, 9.17) is 0 Å². The molecule has 1 aliphatic heterocycles. The molecule has 0 spiro atoms. The second-order valence-corrected chi connectivity index (χ2v) is 3.84. The number of nitrogens with zero attached hydrogens (tertiary/aromatic N) is 2. The van der Waals surface area contributed by atoms with Crippen molar-refractivity contribution in [1.29, 1.82) is 0 Å². The molecule has 0 unspecified atom stereocenters. The Kier molecular flexibility index (Phi) is 4.65. The van der Waals surface area contributed by atoms with Crippen LogP contribution in [0.15, 0.2) is 18.2 Å². The van der Waals surface area contributed by atoms with Crippen LogP contribution in [0.1, 0.15) is 27.1 Å². The van der Waals surface area contributed by atoms with Gasteiger partial charge in [0, 0.05) is 25.0 Å². The molecule has 0 aliphatic carbocycles. The number of rotatable bonds is 4. The summed E-state index contributed by atoms with van der Waals surface area (Å²) in [7, 11) is 0. The van der Waals surface area contributed by atoms with E-state index in [1.807, 2.05) is 0 Å². The number of nitro benzene ring substituents is 1. The summed E-state index contributed by atoms with van der Waals surface area (Å²) in [5.41, 5.74) is -0.847. The van der Waals surface area contributed by atoms with Crippen LogP contribution in [-0.2, 0) is 4.79 Å². The maximum Gasteiger partial charge on any atom is 1.00 e. The van der Waals surface area contributed by atoms with Crippen LogP contribution in [0.3, 0.4) is 0 Å². The van der Waals surface area contributed by atoms with Crippen molar-refractivity contribution in [1.82, 2.24) is 4.90 Å². The Bertz CT molecular complexity index is 615. The number of benzene rings is 1. The minimum Gasteiger partial charge on any atom is -0.550 e. The number of imide groups is 1. The molecule has 0 atom stereocenters. The Hall–Kier alpha value is -2.17. The van der Waals surface area contributed by atoms with Crippen LogP contribution in [0.5, 0.6) is 0 Å². The third-order valence-corrected chi connectivity index (χ3v) is 2.71.